The van der Waals surface area contributed by atoms with E-state index in [1.807, 2.05) is 24.3 Å². The van der Waals surface area contributed by atoms with Crippen LogP contribution in [0, 0.1) is 0 Å². The standard InChI is InChI=1S/C8H8N4O2/c9-14-8(13)12-7-10-5-3-1-2-4-6(5)11-7/h1-4H,9H2,(H2,10,11,12,13). The van der Waals surface area contributed by atoms with E-state index in [0.29, 0.717) is 5.95 Å². The van der Waals surface area contributed by atoms with E-state index in [0.717, 1.165) is 11.0 Å². The zero-order valence-corrected chi connectivity index (χ0v) is 7.15. The summed E-state index contributed by atoms with van der Waals surface area (Å²) in [6, 6.07) is 7.39. The number of nitrogens with zero attached hydrogens (tertiary/aromatic N) is 1. The number of amides is 1. The van der Waals surface area contributed by atoms with E-state index in [1.54, 1.807) is 0 Å². The van der Waals surface area contributed by atoms with Crippen molar-refractivity contribution >= 4 is 23.1 Å². The summed E-state index contributed by atoms with van der Waals surface area (Å²) < 4.78 is 0. The molecule has 1 aromatic heterocycles. The minimum absolute atomic E-state index is 0.307. The van der Waals surface area contributed by atoms with E-state index in [2.05, 4.69) is 26.0 Å². The van der Waals surface area contributed by atoms with Gasteiger partial charge in [-0.2, -0.15) is 5.90 Å². The first kappa shape index (κ1) is 8.52. The Morgan fingerprint density at radius 1 is 1.50 bits per heavy atom. The summed E-state index contributed by atoms with van der Waals surface area (Å²) in [5, 5.41) is 2.33. The molecule has 72 valence electrons. The highest BCUT2D eigenvalue weighted by Gasteiger charge is 2.05. The molecule has 0 aliphatic heterocycles. The molecule has 0 radical (unpaired) electrons. The zero-order valence-electron chi connectivity index (χ0n) is 7.15. The Labute approximate surface area is 79.0 Å². The van der Waals surface area contributed by atoms with Crippen molar-refractivity contribution in [2.75, 3.05) is 5.32 Å². The lowest BCUT2D eigenvalue weighted by Crippen LogP contribution is -2.17. The predicted molar refractivity (Wildman–Crippen MR) is 50.4 cm³/mol. The van der Waals surface area contributed by atoms with Crippen LogP contribution in [0.5, 0.6) is 0 Å². The maximum atomic E-state index is 10.7. The largest absolute Gasteiger partial charge is 0.432 e. The number of nitrogens with two attached hydrogens (primary N) is 1. The van der Waals surface area contributed by atoms with Crippen LogP contribution in [0.1, 0.15) is 0 Å². The number of carbonyl (C=O) groups is 1. The van der Waals surface area contributed by atoms with E-state index in [-0.39, 0.29) is 0 Å². The fourth-order valence-electron chi connectivity index (χ4n) is 1.14. The summed E-state index contributed by atoms with van der Waals surface area (Å²) in [6.45, 7) is 0. The molecule has 0 spiro atoms. The topological polar surface area (TPSA) is 93.0 Å². The smallest absolute Gasteiger partial charge is 0.356 e. The van der Waals surface area contributed by atoms with Crippen LogP contribution in [0.15, 0.2) is 24.3 Å². The van der Waals surface area contributed by atoms with Crippen molar-refractivity contribution in [2.45, 2.75) is 0 Å². The second-order valence-corrected chi connectivity index (χ2v) is 2.63. The Balaban J connectivity index is 2.31. The lowest BCUT2D eigenvalue weighted by Gasteiger charge is -1.95. The van der Waals surface area contributed by atoms with Crippen LogP contribution in [0.2, 0.25) is 0 Å². The first-order chi connectivity index (χ1) is 6.79. The molecule has 0 saturated heterocycles. The van der Waals surface area contributed by atoms with Crippen molar-refractivity contribution in [1.29, 1.82) is 0 Å². The van der Waals surface area contributed by atoms with Gasteiger partial charge in [-0.05, 0) is 12.1 Å². The van der Waals surface area contributed by atoms with Gasteiger partial charge in [0.05, 0.1) is 11.0 Å². The van der Waals surface area contributed by atoms with Crippen LogP contribution in [0.3, 0.4) is 0 Å². The van der Waals surface area contributed by atoms with Gasteiger partial charge in [-0.25, -0.2) is 9.78 Å². The number of aromatic nitrogens is 2. The number of para-hydroxylation sites is 2. The van der Waals surface area contributed by atoms with Gasteiger partial charge in [-0.1, -0.05) is 12.1 Å². The summed E-state index contributed by atoms with van der Waals surface area (Å²) in [7, 11) is 0. The number of anilines is 1. The van der Waals surface area contributed by atoms with Gasteiger partial charge in [-0.3, -0.25) is 5.32 Å². The molecule has 0 fully saturated rings. The van der Waals surface area contributed by atoms with Crippen molar-refractivity contribution in [3.8, 4) is 0 Å². The second-order valence-electron chi connectivity index (χ2n) is 2.63. The highest BCUT2D eigenvalue weighted by Crippen LogP contribution is 2.12. The summed E-state index contributed by atoms with van der Waals surface area (Å²) >= 11 is 0. The highest BCUT2D eigenvalue weighted by atomic mass is 16.7. The quantitative estimate of drug-likeness (QED) is 0.587. The number of hydrogen-bond donors (Lipinski definition) is 3. The molecule has 1 amide bonds. The van der Waals surface area contributed by atoms with Crippen LogP contribution in [0.25, 0.3) is 11.0 Å². The summed E-state index contributed by atoms with van der Waals surface area (Å²) in [5.74, 6) is 4.97. The molecule has 6 nitrogen and oxygen atoms in total. The number of rotatable bonds is 1. The molecular formula is C8H8N4O2. The van der Waals surface area contributed by atoms with Crippen molar-refractivity contribution < 1.29 is 9.63 Å². The van der Waals surface area contributed by atoms with Crippen LogP contribution in [-0.2, 0) is 4.84 Å². The lowest BCUT2D eigenvalue weighted by atomic mass is 10.3. The Morgan fingerprint density at radius 3 is 3.00 bits per heavy atom. The van der Waals surface area contributed by atoms with E-state index in [9.17, 15) is 4.79 Å². The third-order valence-electron chi connectivity index (χ3n) is 1.72. The normalized spacial score (nSPS) is 10.1. The molecule has 4 N–H and O–H groups in total. The maximum absolute atomic E-state index is 10.7. The molecular weight excluding hydrogens is 184 g/mol. The number of carbonyl (C=O) groups excluding carboxylic acids is 1. The van der Waals surface area contributed by atoms with Crippen LogP contribution in [0.4, 0.5) is 10.7 Å². The van der Waals surface area contributed by atoms with Crippen molar-refractivity contribution in [1.82, 2.24) is 9.97 Å². The Morgan fingerprint density at radius 2 is 2.29 bits per heavy atom. The van der Waals surface area contributed by atoms with E-state index in [4.69, 9.17) is 0 Å². The Bertz CT molecular complexity index is 432. The summed E-state index contributed by atoms with van der Waals surface area (Å²) in [6.07, 6.45) is -0.760. The highest BCUT2D eigenvalue weighted by molar-refractivity contribution is 5.85. The van der Waals surface area contributed by atoms with Gasteiger partial charge in [0, 0.05) is 0 Å². The Kier molecular flexibility index (Phi) is 2.04. The van der Waals surface area contributed by atoms with Gasteiger partial charge in [-0.15, -0.1) is 0 Å². The van der Waals surface area contributed by atoms with Crippen LogP contribution in [-0.4, -0.2) is 16.1 Å². The minimum Gasteiger partial charge on any atom is -0.356 e. The lowest BCUT2D eigenvalue weighted by molar-refractivity contribution is 0.163. The molecule has 0 unspecified atom stereocenters. The van der Waals surface area contributed by atoms with Gasteiger partial charge in [0.1, 0.15) is 0 Å². The fourth-order valence-corrected chi connectivity index (χ4v) is 1.14. The minimum atomic E-state index is -0.760. The summed E-state index contributed by atoms with van der Waals surface area (Å²) in [5.41, 5.74) is 1.60. The van der Waals surface area contributed by atoms with E-state index in [1.165, 1.54) is 0 Å². The number of hydrogen-bond acceptors (Lipinski definition) is 4. The number of imidazole rings is 1. The average Bonchev–Trinajstić information content (AvgIpc) is 2.59. The molecule has 0 aliphatic carbocycles. The van der Waals surface area contributed by atoms with Gasteiger partial charge >= 0.3 is 6.09 Å². The van der Waals surface area contributed by atoms with Crippen molar-refractivity contribution in [3.05, 3.63) is 24.3 Å². The molecule has 0 aliphatic rings. The van der Waals surface area contributed by atoms with Gasteiger partial charge in [0.25, 0.3) is 0 Å². The first-order valence-electron chi connectivity index (χ1n) is 3.92. The van der Waals surface area contributed by atoms with Crippen molar-refractivity contribution in [3.63, 3.8) is 0 Å². The number of fused-ring (bicyclic) bond motifs is 1. The fraction of sp³-hybridized carbons (Fsp3) is 0. The average molecular weight is 192 g/mol. The number of H-pyrrole nitrogens is 1. The van der Waals surface area contributed by atoms with Crippen molar-refractivity contribution in [2.24, 2.45) is 5.90 Å². The molecule has 14 heavy (non-hydrogen) atoms. The first-order valence-corrected chi connectivity index (χ1v) is 3.92. The SMILES string of the molecule is NOC(=O)Nc1nc2ccccc2[nH]1. The zero-order chi connectivity index (χ0) is 9.97. The maximum Gasteiger partial charge on any atom is 0.432 e. The van der Waals surface area contributed by atoms with E-state index >= 15 is 0 Å². The molecule has 6 heteroatoms. The Hall–Kier alpha value is -2.08. The third-order valence-corrected chi connectivity index (χ3v) is 1.72. The monoisotopic (exact) mass is 192 g/mol. The number of nitrogens with one attached hydrogen (secondary N) is 2. The molecule has 0 saturated carbocycles. The molecule has 1 heterocycles. The van der Waals surface area contributed by atoms with Gasteiger partial charge < -0.3 is 9.82 Å². The predicted octanol–water partition coefficient (Wildman–Crippen LogP) is 0.985. The van der Waals surface area contributed by atoms with Gasteiger partial charge in [0.15, 0.2) is 0 Å². The van der Waals surface area contributed by atoms with Gasteiger partial charge in [0.2, 0.25) is 5.95 Å². The molecule has 1 aromatic carbocycles. The number of aromatic amines is 1. The van der Waals surface area contributed by atoms with E-state index < -0.39 is 6.09 Å². The van der Waals surface area contributed by atoms with Crippen LogP contribution < -0.4 is 11.2 Å². The molecule has 0 atom stereocenters. The second kappa shape index (κ2) is 3.35. The molecule has 0 bridgehead atoms. The third kappa shape index (κ3) is 1.50. The molecule has 2 aromatic rings. The number of benzene rings is 1. The summed E-state index contributed by atoms with van der Waals surface area (Å²) in [4.78, 5) is 21.6. The van der Waals surface area contributed by atoms with Crippen LogP contribution >= 0.6 is 0 Å². The molecule has 2 rings (SSSR count).